The number of carbonyl (C=O) groups is 2. The Hall–Kier alpha value is -5.22. The van der Waals surface area contributed by atoms with E-state index in [1.165, 1.54) is 37.6 Å². The molecule has 0 bridgehead atoms. The summed E-state index contributed by atoms with van der Waals surface area (Å²) in [4.78, 5) is 39.2. The van der Waals surface area contributed by atoms with Crippen molar-refractivity contribution in [2.24, 2.45) is 0 Å². The van der Waals surface area contributed by atoms with Gasteiger partial charge in [0.2, 0.25) is 22.2 Å². The van der Waals surface area contributed by atoms with Crippen molar-refractivity contribution in [2.75, 3.05) is 51.0 Å². The zero-order valence-corrected chi connectivity index (χ0v) is 29.5. The summed E-state index contributed by atoms with van der Waals surface area (Å²) in [5, 5.41) is 15.6. The van der Waals surface area contributed by atoms with Crippen molar-refractivity contribution in [3.63, 3.8) is 0 Å². The number of nitrogens with two attached hydrogens (primary N) is 1. The molecule has 5 rings (SSSR count). The fraction of sp³-hybridized carbons (Fsp3) is 0.324. The highest BCUT2D eigenvalue weighted by Crippen LogP contribution is 2.31. The standard InChI is InChI=1S/C37H42N4O10S/c1-48-26-13-15-27(16-14-26)52(46,47)41(18-20-42)19-21-49-35-23-25(29-24-50-32-11-5-2-8-28(32)36(29)44)22-33(51-35)37(45)39-17-7-6-12-34(43)40-31-10-4-3-9-30(31)38/h2-5,8-11,13-16,22,24-25,35,42H,6-7,12,17-21,23,38H2,1H3,(H,39,45)(H,40,43)/t25-,35+/m0/s1. The molecule has 0 unspecified atom stereocenters. The van der Waals surface area contributed by atoms with Crippen LogP contribution in [-0.4, -0.2) is 75.9 Å². The molecule has 1 aliphatic heterocycles. The molecule has 1 aromatic heterocycles. The van der Waals surface area contributed by atoms with Crippen molar-refractivity contribution >= 4 is 44.2 Å². The van der Waals surface area contributed by atoms with E-state index in [4.69, 9.17) is 24.4 Å². The number of nitrogens with one attached hydrogen (secondary N) is 2. The molecule has 2 atom stereocenters. The molecular formula is C37H42N4O10S. The Morgan fingerprint density at radius 1 is 1.02 bits per heavy atom. The lowest BCUT2D eigenvalue weighted by atomic mass is 9.93. The van der Waals surface area contributed by atoms with E-state index in [0.717, 1.165) is 4.31 Å². The van der Waals surface area contributed by atoms with Gasteiger partial charge in [0.15, 0.2) is 11.2 Å². The van der Waals surface area contributed by atoms with Crippen molar-refractivity contribution < 1.29 is 41.7 Å². The van der Waals surface area contributed by atoms with Gasteiger partial charge >= 0.3 is 0 Å². The number of benzene rings is 3. The predicted molar refractivity (Wildman–Crippen MR) is 194 cm³/mol. The van der Waals surface area contributed by atoms with Gasteiger partial charge in [0.25, 0.3) is 5.91 Å². The molecule has 4 aromatic rings. The highest BCUT2D eigenvalue weighted by atomic mass is 32.2. The van der Waals surface area contributed by atoms with Gasteiger partial charge in [-0.1, -0.05) is 24.3 Å². The SMILES string of the molecule is COc1ccc(S(=O)(=O)N(CCO)CCO[C@H]2C[C@@H](c3coc4ccccc4c3=O)C=C(C(=O)NCCCCC(=O)Nc3ccccc3N)O2)cc1. The number of para-hydroxylation sites is 3. The van der Waals surface area contributed by atoms with Gasteiger partial charge in [-0.3, -0.25) is 14.4 Å². The molecule has 52 heavy (non-hydrogen) atoms. The number of allylic oxidation sites excluding steroid dienone is 1. The molecule has 3 aromatic carbocycles. The second-order valence-corrected chi connectivity index (χ2v) is 13.9. The van der Waals surface area contributed by atoms with E-state index < -0.39 is 34.7 Å². The predicted octanol–water partition coefficient (Wildman–Crippen LogP) is 3.72. The first-order valence-corrected chi connectivity index (χ1v) is 18.2. The fourth-order valence-corrected chi connectivity index (χ4v) is 7.07. The van der Waals surface area contributed by atoms with Gasteiger partial charge in [-0.05, 0) is 67.4 Å². The smallest absolute Gasteiger partial charge is 0.286 e. The normalized spacial score (nSPS) is 15.9. The molecule has 0 saturated carbocycles. The number of carbonyl (C=O) groups excluding carboxylic acids is 2. The summed E-state index contributed by atoms with van der Waals surface area (Å²) in [7, 11) is -2.52. The third kappa shape index (κ3) is 9.55. The van der Waals surface area contributed by atoms with Crippen molar-refractivity contribution in [1.82, 2.24) is 9.62 Å². The van der Waals surface area contributed by atoms with Crippen molar-refractivity contribution in [3.05, 3.63) is 107 Å². The number of unbranched alkanes of at least 4 members (excludes halogenated alkanes) is 1. The van der Waals surface area contributed by atoms with Crippen molar-refractivity contribution in [3.8, 4) is 5.75 Å². The van der Waals surface area contributed by atoms with E-state index in [1.54, 1.807) is 54.6 Å². The van der Waals surface area contributed by atoms with Gasteiger partial charge in [-0.2, -0.15) is 4.31 Å². The number of fused-ring (bicyclic) bond motifs is 1. The van der Waals surface area contributed by atoms with Crippen LogP contribution < -0.4 is 26.5 Å². The van der Waals surface area contributed by atoms with Crippen LogP contribution in [0.5, 0.6) is 5.75 Å². The number of anilines is 2. The number of nitrogens with zero attached hydrogens (tertiary/aromatic N) is 1. The summed E-state index contributed by atoms with van der Waals surface area (Å²) in [6, 6.07) is 19.7. The Balaban J connectivity index is 1.24. The molecule has 0 fully saturated rings. The zero-order chi connectivity index (χ0) is 37.1. The maximum absolute atomic E-state index is 13.5. The van der Waals surface area contributed by atoms with E-state index in [-0.39, 0.29) is 61.1 Å². The number of aliphatic hydroxyl groups excluding tert-OH is 1. The number of ether oxygens (including phenoxy) is 3. The first-order valence-electron chi connectivity index (χ1n) is 16.8. The molecule has 1 aliphatic rings. The van der Waals surface area contributed by atoms with Crippen LogP contribution in [0.25, 0.3) is 11.0 Å². The lowest BCUT2D eigenvalue weighted by molar-refractivity contribution is -0.146. The molecule has 15 heteroatoms. The second-order valence-electron chi connectivity index (χ2n) is 12.0. The monoisotopic (exact) mass is 734 g/mol. The Morgan fingerprint density at radius 2 is 1.77 bits per heavy atom. The average molecular weight is 735 g/mol. The third-order valence-corrected chi connectivity index (χ3v) is 10.3. The number of methoxy groups -OCH3 is 1. The molecular weight excluding hydrogens is 692 g/mol. The Labute approximate surface area is 301 Å². The number of aliphatic hydroxyl groups is 1. The number of hydrogen-bond donors (Lipinski definition) is 4. The van der Waals surface area contributed by atoms with Crippen LogP contribution in [0.2, 0.25) is 0 Å². The first kappa shape index (κ1) is 38.0. The Bertz CT molecular complexity index is 2050. The van der Waals surface area contributed by atoms with Crippen LogP contribution in [0.4, 0.5) is 11.4 Å². The molecule has 0 spiro atoms. The topological polar surface area (TPSA) is 200 Å². The van der Waals surface area contributed by atoms with Crippen LogP contribution in [0.3, 0.4) is 0 Å². The van der Waals surface area contributed by atoms with Crippen molar-refractivity contribution in [1.29, 1.82) is 0 Å². The molecule has 5 N–H and O–H groups in total. The van der Waals surface area contributed by atoms with Gasteiger partial charge in [0, 0.05) is 44.0 Å². The van der Waals surface area contributed by atoms with E-state index in [2.05, 4.69) is 10.6 Å². The highest BCUT2D eigenvalue weighted by Gasteiger charge is 2.31. The fourth-order valence-electron chi connectivity index (χ4n) is 5.65. The Morgan fingerprint density at radius 3 is 2.52 bits per heavy atom. The Kier molecular flexibility index (Phi) is 13.0. The molecule has 0 radical (unpaired) electrons. The van der Waals surface area contributed by atoms with Crippen LogP contribution in [0.1, 0.15) is 37.2 Å². The zero-order valence-electron chi connectivity index (χ0n) is 28.7. The average Bonchev–Trinajstić information content (AvgIpc) is 3.15. The minimum atomic E-state index is -4.00. The number of hydrogen-bond acceptors (Lipinski definition) is 11. The molecule has 0 saturated heterocycles. The maximum atomic E-state index is 13.5. The molecule has 0 aliphatic carbocycles. The molecule has 14 nitrogen and oxygen atoms in total. The van der Waals surface area contributed by atoms with Crippen LogP contribution in [0, 0.1) is 0 Å². The quantitative estimate of drug-likeness (QED) is 0.0911. The molecule has 2 amide bonds. The first-order chi connectivity index (χ1) is 25.1. The summed E-state index contributed by atoms with van der Waals surface area (Å²) >= 11 is 0. The second kappa shape index (κ2) is 17.8. The van der Waals surface area contributed by atoms with Crippen LogP contribution >= 0.6 is 0 Å². The van der Waals surface area contributed by atoms with E-state index in [9.17, 15) is 27.9 Å². The van der Waals surface area contributed by atoms with Gasteiger partial charge in [0.1, 0.15) is 11.3 Å². The van der Waals surface area contributed by atoms with Gasteiger partial charge in [0.05, 0.1) is 48.2 Å². The summed E-state index contributed by atoms with van der Waals surface area (Å²) < 4.78 is 50.6. The van der Waals surface area contributed by atoms with E-state index in [0.29, 0.717) is 46.5 Å². The number of amides is 2. The summed E-state index contributed by atoms with van der Waals surface area (Å²) in [6.45, 7) is -0.639. The lowest BCUT2D eigenvalue weighted by Gasteiger charge is -2.30. The number of sulfonamides is 1. The molecule has 2 heterocycles. The van der Waals surface area contributed by atoms with Crippen LogP contribution in [-0.2, 0) is 29.1 Å². The summed E-state index contributed by atoms with van der Waals surface area (Å²) in [5.74, 6) is -0.969. The minimum Gasteiger partial charge on any atom is -0.497 e. The highest BCUT2D eigenvalue weighted by molar-refractivity contribution is 7.89. The lowest BCUT2D eigenvalue weighted by Crippen LogP contribution is -2.38. The number of nitrogen functional groups attached to an aromatic ring is 1. The van der Waals surface area contributed by atoms with Crippen molar-refractivity contribution in [2.45, 2.75) is 42.8 Å². The van der Waals surface area contributed by atoms with Gasteiger partial charge in [-0.25, -0.2) is 8.42 Å². The maximum Gasteiger partial charge on any atom is 0.286 e. The third-order valence-electron chi connectivity index (χ3n) is 8.43. The minimum absolute atomic E-state index is 0.0159. The van der Waals surface area contributed by atoms with Crippen LogP contribution in [0.15, 0.2) is 105 Å². The summed E-state index contributed by atoms with van der Waals surface area (Å²) in [6.07, 6.45) is 3.22. The largest absolute Gasteiger partial charge is 0.497 e. The number of rotatable bonds is 17. The summed E-state index contributed by atoms with van der Waals surface area (Å²) in [5.41, 5.74) is 7.34. The molecule has 276 valence electrons. The van der Waals surface area contributed by atoms with Gasteiger partial charge < -0.3 is 40.1 Å². The van der Waals surface area contributed by atoms with Gasteiger partial charge in [-0.15, -0.1) is 0 Å². The van der Waals surface area contributed by atoms with E-state index >= 15 is 0 Å². The van der Waals surface area contributed by atoms with E-state index in [1.807, 2.05) is 0 Å².